The fourth-order valence-electron chi connectivity index (χ4n) is 0.877. The third-order valence-corrected chi connectivity index (χ3v) is 2.50. The van der Waals surface area contributed by atoms with E-state index >= 15 is 0 Å². The predicted molar refractivity (Wildman–Crippen MR) is 40.3 cm³/mol. The summed E-state index contributed by atoms with van der Waals surface area (Å²) in [6.45, 7) is 0. The summed E-state index contributed by atoms with van der Waals surface area (Å²) in [5, 5.41) is 1.97. The molecule has 1 N–H and O–H groups in total. The van der Waals surface area contributed by atoms with E-state index in [1.54, 1.807) is 6.08 Å². The lowest BCUT2D eigenvalue weighted by Gasteiger charge is -1.92. The van der Waals surface area contributed by atoms with Gasteiger partial charge in [0.25, 0.3) is 0 Å². The Hall–Kier alpha value is -1.23. The van der Waals surface area contributed by atoms with E-state index in [1.807, 2.05) is 0 Å². The monoisotopic (exact) mass is 168 g/mol. The van der Waals surface area contributed by atoms with Crippen molar-refractivity contribution < 1.29 is 4.21 Å². The molecule has 1 atom stereocenters. The number of H-pyrrole nitrogens is 1. The van der Waals surface area contributed by atoms with Gasteiger partial charge in [0.1, 0.15) is 5.03 Å². The van der Waals surface area contributed by atoms with Crippen LogP contribution in [-0.4, -0.2) is 14.2 Å². The van der Waals surface area contributed by atoms with E-state index in [2.05, 4.69) is 9.97 Å². The van der Waals surface area contributed by atoms with E-state index in [9.17, 15) is 9.00 Å². The SMILES string of the molecule is O=c1ncc2c([nH]1)S(=O)C=C2. The van der Waals surface area contributed by atoms with Crippen LogP contribution >= 0.6 is 0 Å². The largest absolute Gasteiger partial charge is 0.345 e. The van der Waals surface area contributed by atoms with Crippen molar-refractivity contribution >= 4 is 16.9 Å². The molecule has 0 saturated carbocycles. The number of nitrogens with one attached hydrogen (secondary N) is 1. The summed E-state index contributed by atoms with van der Waals surface area (Å²) in [7, 11) is -1.18. The smallest absolute Gasteiger partial charge is 0.298 e. The molecule has 11 heavy (non-hydrogen) atoms. The maximum atomic E-state index is 11.0. The van der Waals surface area contributed by atoms with Crippen molar-refractivity contribution in [1.82, 2.24) is 9.97 Å². The van der Waals surface area contributed by atoms with E-state index in [4.69, 9.17) is 0 Å². The zero-order chi connectivity index (χ0) is 7.84. The summed E-state index contributed by atoms with van der Waals surface area (Å²) in [5.41, 5.74) is 0.267. The minimum Gasteiger partial charge on any atom is -0.298 e. The van der Waals surface area contributed by atoms with Crippen LogP contribution in [-0.2, 0) is 10.8 Å². The first-order valence-electron chi connectivity index (χ1n) is 2.95. The minimum atomic E-state index is -1.18. The van der Waals surface area contributed by atoms with Crippen molar-refractivity contribution in [2.45, 2.75) is 5.03 Å². The molecule has 1 aliphatic heterocycles. The summed E-state index contributed by atoms with van der Waals surface area (Å²) in [6, 6.07) is 0. The summed E-state index contributed by atoms with van der Waals surface area (Å²) in [5.74, 6) is 0. The first-order valence-corrected chi connectivity index (χ1v) is 4.17. The number of rotatable bonds is 0. The highest BCUT2D eigenvalue weighted by Gasteiger charge is 2.12. The van der Waals surface area contributed by atoms with Crippen molar-refractivity contribution in [3.05, 3.63) is 27.7 Å². The second-order valence-corrected chi connectivity index (χ2v) is 3.35. The van der Waals surface area contributed by atoms with Crippen molar-refractivity contribution in [3.63, 3.8) is 0 Å². The molecule has 2 heterocycles. The highest BCUT2D eigenvalue weighted by atomic mass is 32.2. The Morgan fingerprint density at radius 3 is 3.18 bits per heavy atom. The highest BCUT2D eigenvalue weighted by Crippen LogP contribution is 2.17. The Morgan fingerprint density at radius 2 is 2.36 bits per heavy atom. The van der Waals surface area contributed by atoms with Gasteiger partial charge in [-0.15, -0.1) is 0 Å². The molecule has 1 aliphatic rings. The van der Waals surface area contributed by atoms with Gasteiger partial charge in [-0.3, -0.25) is 4.98 Å². The second kappa shape index (κ2) is 2.13. The number of hydrogen-bond acceptors (Lipinski definition) is 3. The fourth-order valence-corrected chi connectivity index (χ4v) is 1.82. The van der Waals surface area contributed by atoms with Gasteiger partial charge in [-0.05, 0) is 6.08 Å². The molecule has 0 spiro atoms. The van der Waals surface area contributed by atoms with Crippen LogP contribution in [0.3, 0.4) is 0 Å². The molecule has 2 rings (SSSR count). The highest BCUT2D eigenvalue weighted by molar-refractivity contribution is 7.88. The molecule has 0 aromatic carbocycles. The number of fused-ring (bicyclic) bond motifs is 1. The molecule has 1 aromatic rings. The summed E-state index contributed by atoms with van der Waals surface area (Å²) in [4.78, 5) is 16.5. The van der Waals surface area contributed by atoms with Gasteiger partial charge >= 0.3 is 5.69 Å². The van der Waals surface area contributed by atoms with Crippen molar-refractivity contribution in [2.75, 3.05) is 0 Å². The van der Waals surface area contributed by atoms with Gasteiger partial charge in [0, 0.05) is 17.2 Å². The molecule has 5 heteroatoms. The number of aromatic nitrogens is 2. The molecule has 1 aromatic heterocycles. The second-order valence-electron chi connectivity index (χ2n) is 2.07. The Labute approximate surface area is 64.4 Å². The van der Waals surface area contributed by atoms with Crippen LogP contribution in [0.15, 0.2) is 21.4 Å². The number of hydrogen-bond donors (Lipinski definition) is 1. The van der Waals surface area contributed by atoms with Crippen molar-refractivity contribution in [2.24, 2.45) is 0 Å². The van der Waals surface area contributed by atoms with Gasteiger partial charge in [-0.25, -0.2) is 14.0 Å². The van der Waals surface area contributed by atoms with Gasteiger partial charge in [-0.1, -0.05) is 0 Å². The van der Waals surface area contributed by atoms with Crippen LogP contribution in [0.4, 0.5) is 0 Å². The lowest BCUT2D eigenvalue weighted by Crippen LogP contribution is -2.11. The van der Waals surface area contributed by atoms with Crippen molar-refractivity contribution in [3.8, 4) is 0 Å². The van der Waals surface area contributed by atoms with E-state index < -0.39 is 16.5 Å². The molecule has 0 saturated heterocycles. The van der Waals surface area contributed by atoms with Gasteiger partial charge in [-0.2, -0.15) is 0 Å². The number of nitrogens with zero attached hydrogens (tertiary/aromatic N) is 1. The van der Waals surface area contributed by atoms with Crippen LogP contribution in [0.5, 0.6) is 0 Å². The quantitative estimate of drug-likeness (QED) is 0.548. The zero-order valence-corrected chi connectivity index (χ0v) is 6.22. The van der Waals surface area contributed by atoms with Crippen LogP contribution in [0.1, 0.15) is 5.56 Å². The van der Waals surface area contributed by atoms with Crippen molar-refractivity contribution in [1.29, 1.82) is 0 Å². The fraction of sp³-hybridized carbons (Fsp3) is 0. The lowest BCUT2D eigenvalue weighted by molar-refractivity contribution is 0.685. The summed E-state index contributed by atoms with van der Waals surface area (Å²) in [6.07, 6.45) is 3.09. The first kappa shape index (κ1) is 6.48. The Morgan fingerprint density at radius 1 is 1.55 bits per heavy atom. The van der Waals surface area contributed by atoms with Crippen LogP contribution in [0.2, 0.25) is 0 Å². The molecular formula is C6H4N2O2S. The Bertz CT molecular complexity index is 407. The standard InChI is InChI=1S/C6H4N2O2S/c9-6-7-3-4-1-2-11(10)5(4)8-6/h1-3H,(H,7,8,9). The maximum Gasteiger partial charge on any atom is 0.345 e. The predicted octanol–water partition coefficient (Wildman–Crippen LogP) is -0.138. The Balaban J connectivity index is 2.76. The molecule has 4 nitrogen and oxygen atoms in total. The molecule has 56 valence electrons. The first-order chi connectivity index (χ1) is 5.27. The van der Waals surface area contributed by atoms with E-state index in [0.717, 1.165) is 5.56 Å². The summed E-state index contributed by atoms with van der Waals surface area (Å²) >= 11 is 0. The van der Waals surface area contributed by atoms with Gasteiger partial charge in [0.2, 0.25) is 0 Å². The molecule has 0 amide bonds. The average molecular weight is 168 g/mol. The van der Waals surface area contributed by atoms with E-state index in [0.29, 0.717) is 5.03 Å². The van der Waals surface area contributed by atoms with E-state index in [1.165, 1.54) is 11.6 Å². The lowest BCUT2D eigenvalue weighted by atomic mass is 10.3. The van der Waals surface area contributed by atoms with Crippen LogP contribution in [0.25, 0.3) is 6.08 Å². The molecule has 0 bridgehead atoms. The summed E-state index contributed by atoms with van der Waals surface area (Å²) < 4.78 is 11.0. The number of aromatic amines is 1. The average Bonchev–Trinajstić information content (AvgIpc) is 2.33. The molecule has 0 radical (unpaired) electrons. The van der Waals surface area contributed by atoms with Crippen LogP contribution < -0.4 is 5.69 Å². The zero-order valence-electron chi connectivity index (χ0n) is 5.40. The third kappa shape index (κ3) is 0.932. The minimum absolute atomic E-state index is 0.449. The third-order valence-electron chi connectivity index (χ3n) is 1.38. The molecule has 0 aliphatic carbocycles. The van der Waals surface area contributed by atoms with Gasteiger partial charge in [0.15, 0.2) is 0 Å². The van der Waals surface area contributed by atoms with E-state index in [-0.39, 0.29) is 0 Å². The van der Waals surface area contributed by atoms with Gasteiger partial charge in [0.05, 0.1) is 10.8 Å². The molecular weight excluding hydrogens is 164 g/mol. The maximum absolute atomic E-state index is 11.0. The van der Waals surface area contributed by atoms with Crippen LogP contribution in [0, 0.1) is 0 Å². The molecule has 1 unspecified atom stereocenters. The topological polar surface area (TPSA) is 62.8 Å². The molecule has 0 fully saturated rings. The Kier molecular flexibility index (Phi) is 1.25. The normalized spacial score (nSPS) is 20.2. The van der Waals surface area contributed by atoms with Gasteiger partial charge < -0.3 is 0 Å².